The zero-order valence-electron chi connectivity index (χ0n) is 10.9. The number of hydrogen-bond donors (Lipinski definition) is 0. The van der Waals surface area contributed by atoms with Gasteiger partial charge in [-0.05, 0) is 16.9 Å². The van der Waals surface area contributed by atoms with E-state index in [4.69, 9.17) is 4.52 Å². The summed E-state index contributed by atoms with van der Waals surface area (Å²) in [6.07, 6.45) is 0. The average molecular weight is 285 g/mol. The lowest BCUT2D eigenvalue weighted by atomic mass is 10.1. The van der Waals surface area contributed by atoms with Crippen LogP contribution >= 0.6 is 0 Å². The van der Waals surface area contributed by atoms with Crippen molar-refractivity contribution in [2.24, 2.45) is 7.05 Å². The molecule has 0 saturated heterocycles. The molecule has 2 rings (SSSR count). The molecule has 0 unspecified atom stereocenters. The molecule has 0 aliphatic heterocycles. The minimum atomic E-state index is -4.41. The van der Waals surface area contributed by atoms with Crippen molar-refractivity contribution in [1.82, 2.24) is 0 Å². The van der Waals surface area contributed by atoms with E-state index in [1.54, 1.807) is 4.74 Å². The largest absolute Gasteiger partial charge is 0.726 e. The Morgan fingerprint density at radius 3 is 2.16 bits per heavy atom. The van der Waals surface area contributed by atoms with Gasteiger partial charge in [0.15, 0.2) is 12.8 Å². The summed E-state index contributed by atoms with van der Waals surface area (Å²) in [5.41, 5.74) is 2.29. The van der Waals surface area contributed by atoms with E-state index in [9.17, 15) is 13.0 Å². The molecule has 19 heavy (non-hydrogen) atoms. The first kappa shape index (κ1) is 15.4. The van der Waals surface area contributed by atoms with Gasteiger partial charge in [0.05, 0.1) is 18.7 Å². The molecule has 104 valence electrons. The molecule has 0 fully saturated rings. The second kappa shape index (κ2) is 6.46. The third-order valence-corrected chi connectivity index (χ3v) is 2.64. The lowest BCUT2D eigenvalue weighted by Gasteiger charge is -1.98. The number of aryl methyl sites for hydroxylation is 2. The fraction of sp³-hybridized carbons (Fsp3) is 0.250. The van der Waals surface area contributed by atoms with Gasteiger partial charge in [-0.1, -0.05) is 18.2 Å². The van der Waals surface area contributed by atoms with Gasteiger partial charge in [0, 0.05) is 6.92 Å². The summed E-state index contributed by atoms with van der Waals surface area (Å²) in [4.78, 5) is 0. The van der Waals surface area contributed by atoms with E-state index in [2.05, 4.69) is 16.3 Å². The minimum absolute atomic E-state index is 0.808. The first-order chi connectivity index (χ1) is 8.83. The van der Waals surface area contributed by atoms with Gasteiger partial charge < -0.3 is 4.55 Å². The van der Waals surface area contributed by atoms with Crippen molar-refractivity contribution < 1.29 is 26.4 Å². The van der Waals surface area contributed by atoms with Gasteiger partial charge >= 0.3 is 0 Å². The fourth-order valence-corrected chi connectivity index (χ4v) is 1.45. The molecule has 0 atom stereocenters. The third kappa shape index (κ3) is 5.21. The van der Waals surface area contributed by atoms with Crippen LogP contribution in [0.3, 0.4) is 0 Å². The molecule has 0 radical (unpaired) electrons. The van der Waals surface area contributed by atoms with E-state index in [0.717, 1.165) is 18.6 Å². The van der Waals surface area contributed by atoms with Gasteiger partial charge in [0.1, 0.15) is 0 Å². The molecule has 7 heteroatoms. The standard InChI is InChI=1S/C11H12NO.CH4O4S/c1-9-8-11(12(2)13-9)10-6-4-3-5-7-10;1-5-6(2,3)4/h3-8H,1-2H3;1H3,(H,2,3,4)/q+1;/p-1. The first-order valence-electron chi connectivity index (χ1n) is 5.37. The van der Waals surface area contributed by atoms with Crippen LogP contribution in [0.4, 0.5) is 0 Å². The van der Waals surface area contributed by atoms with Crippen LogP contribution in [-0.2, 0) is 21.6 Å². The molecule has 0 N–H and O–H groups in total. The summed E-state index contributed by atoms with van der Waals surface area (Å²) in [7, 11) is -1.69. The highest BCUT2D eigenvalue weighted by molar-refractivity contribution is 7.80. The Kier molecular flexibility index (Phi) is 5.22. The van der Waals surface area contributed by atoms with Crippen LogP contribution in [0.2, 0.25) is 0 Å². The SMILES string of the molecule is COS(=O)(=O)[O-].Cc1cc(-c2ccccc2)[n+](C)o1. The van der Waals surface area contributed by atoms with Gasteiger partial charge in [-0.15, -0.1) is 0 Å². The van der Waals surface area contributed by atoms with Crippen LogP contribution < -0.4 is 4.74 Å². The zero-order valence-corrected chi connectivity index (χ0v) is 11.7. The number of nitrogens with zero attached hydrogens (tertiary/aromatic N) is 1. The third-order valence-electron chi connectivity index (χ3n) is 2.23. The zero-order chi connectivity index (χ0) is 14.5. The van der Waals surface area contributed by atoms with Crippen molar-refractivity contribution in [2.75, 3.05) is 7.11 Å². The molecule has 2 aromatic rings. The maximum Gasteiger partial charge on any atom is 0.261 e. The fourth-order valence-electron chi connectivity index (χ4n) is 1.45. The van der Waals surface area contributed by atoms with Crippen LogP contribution in [0.15, 0.2) is 40.9 Å². The molecule has 1 aromatic carbocycles. The Bertz CT molecular complexity index is 619. The van der Waals surface area contributed by atoms with Crippen LogP contribution in [0, 0.1) is 6.92 Å². The predicted molar refractivity (Wildman–Crippen MR) is 66.8 cm³/mol. The van der Waals surface area contributed by atoms with Crippen LogP contribution in [-0.4, -0.2) is 20.1 Å². The smallest absolute Gasteiger partial charge is 0.261 e. The summed E-state index contributed by atoms with van der Waals surface area (Å²) >= 11 is 0. The van der Waals surface area contributed by atoms with Crippen molar-refractivity contribution in [3.05, 3.63) is 42.2 Å². The Morgan fingerprint density at radius 2 is 1.79 bits per heavy atom. The van der Waals surface area contributed by atoms with Crippen molar-refractivity contribution in [3.63, 3.8) is 0 Å². The monoisotopic (exact) mass is 285 g/mol. The molecule has 0 bridgehead atoms. The Hall–Kier alpha value is -1.70. The van der Waals surface area contributed by atoms with Crippen LogP contribution in [0.1, 0.15) is 5.76 Å². The van der Waals surface area contributed by atoms with Gasteiger partial charge in [0.2, 0.25) is 10.4 Å². The van der Waals surface area contributed by atoms with Gasteiger partial charge in [0.25, 0.3) is 5.69 Å². The van der Waals surface area contributed by atoms with Crippen molar-refractivity contribution in [2.45, 2.75) is 6.92 Å². The lowest BCUT2D eigenvalue weighted by molar-refractivity contribution is -0.837. The molecular weight excluding hydrogens is 270 g/mol. The minimum Gasteiger partial charge on any atom is -0.726 e. The van der Waals surface area contributed by atoms with Crippen LogP contribution in [0.25, 0.3) is 11.3 Å². The Labute approximate surface area is 112 Å². The lowest BCUT2D eigenvalue weighted by Crippen LogP contribution is -2.26. The molecule has 1 heterocycles. The average Bonchev–Trinajstić information content (AvgIpc) is 2.69. The number of hydrogen-bond acceptors (Lipinski definition) is 5. The highest BCUT2D eigenvalue weighted by atomic mass is 32.3. The van der Waals surface area contributed by atoms with E-state index in [-0.39, 0.29) is 0 Å². The molecule has 0 spiro atoms. The summed E-state index contributed by atoms with van der Waals surface area (Å²) in [6.45, 7) is 1.95. The highest BCUT2D eigenvalue weighted by Crippen LogP contribution is 2.15. The molecule has 6 nitrogen and oxygen atoms in total. The van der Waals surface area contributed by atoms with Crippen molar-refractivity contribution >= 4 is 10.4 Å². The summed E-state index contributed by atoms with van der Waals surface area (Å²) in [5, 5.41) is 0. The second-order valence-corrected chi connectivity index (χ2v) is 4.82. The molecule has 0 aliphatic rings. The molecule has 0 amide bonds. The molecule has 0 aliphatic carbocycles. The molecular formula is C12H15NO5S. The summed E-state index contributed by atoms with van der Waals surface area (Å²) in [5.74, 6) is 0.932. The normalized spacial score (nSPS) is 10.7. The van der Waals surface area contributed by atoms with E-state index in [1.165, 1.54) is 5.56 Å². The quantitative estimate of drug-likeness (QED) is 0.470. The van der Waals surface area contributed by atoms with Gasteiger partial charge in [-0.3, -0.25) is 4.18 Å². The molecule has 1 aromatic heterocycles. The van der Waals surface area contributed by atoms with E-state index in [0.29, 0.717) is 0 Å². The van der Waals surface area contributed by atoms with E-state index >= 15 is 0 Å². The maximum absolute atomic E-state index is 9.22. The number of aromatic nitrogens is 1. The van der Waals surface area contributed by atoms with Gasteiger partial charge in [-0.2, -0.15) is 0 Å². The molecule has 0 saturated carbocycles. The van der Waals surface area contributed by atoms with Crippen LogP contribution in [0.5, 0.6) is 0 Å². The summed E-state index contributed by atoms with van der Waals surface area (Å²) < 4.78 is 38.2. The maximum atomic E-state index is 9.22. The summed E-state index contributed by atoms with van der Waals surface area (Å²) in [6, 6.07) is 12.2. The highest BCUT2D eigenvalue weighted by Gasteiger charge is 2.14. The van der Waals surface area contributed by atoms with E-state index in [1.807, 2.05) is 38.2 Å². The Balaban J connectivity index is 0.000000258. The van der Waals surface area contributed by atoms with Gasteiger partial charge in [-0.25, -0.2) is 12.9 Å². The van der Waals surface area contributed by atoms with Crippen molar-refractivity contribution in [1.29, 1.82) is 0 Å². The number of benzene rings is 1. The first-order valence-corrected chi connectivity index (χ1v) is 6.70. The number of rotatable bonds is 2. The predicted octanol–water partition coefficient (Wildman–Crippen LogP) is 1.17. The van der Waals surface area contributed by atoms with Crippen molar-refractivity contribution in [3.8, 4) is 11.3 Å². The van der Waals surface area contributed by atoms with E-state index < -0.39 is 10.4 Å². The topological polar surface area (TPSA) is 83.5 Å². The Morgan fingerprint density at radius 1 is 1.26 bits per heavy atom. The second-order valence-electron chi connectivity index (χ2n) is 3.67.